The van der Waals surface area contributed by atoms with Crippen LogP contribution in [0.2, 0.25) is 0 Å². The van der Waals surface area contributed by atoms with Gasteiger partial charge in [0, 0.05) is 20.6 Å². The quantitative estimate of drug-likeness (QED) is 0.676. The summed E-state index contributed by atoms with van der Waals surface area (Å²) in [6.45, 7) is 0.818. The van der Waals surface area contributed by atoms with Crippen LogP contribution in [-0.4, -0.2) is 6.04 Å². The zero-order chi connectivity index (χ0) is 14.7. The van der Waals surface area contributed by atoms with Crippen LogP contribution in [0.3, 0.4) is 0 Å². The summed E-state index contributed by atoms with van der Waals surface area (Å²) < 4.78 is 8.07. The van der Waals surface area contributed by atoms with Crippen molar-refractivity contribution in [1.29, 1.82) is 0 Å². The Hall–Kier alpha value is -0.580. The van der Waals surface area contributed by atoms with E-state index in [4.69, 9.17) is 4.42 Å². The Morgan fingerprint density at radius 2 is 1.86 bits per heavy atom. The molecular formula is C17H19Br2NO. The van der Waals surface area contributed by atoms with Crippen molar-refractivity contribution < 1.29 is 4.42 Å². The molecule has 0 spiro atoms. The van der Waals surface area contributed by atoms with Crippen molar-refractivity contribution >= 4 is 31.9 Å². The molecule has 1 aromatic heterocycles. The molecule has 1 heterocycles. The molecule has 0 saturated heterocycles. The molecule has 1 aliphatic carbocycles. The van der Waals surface area contributed by atoms with Crippen LogP contribution in [-0.2, 0) is 6.54 Å². The predicted molar refractivity (Wildman–Crippen MR) is 93.3 cm³/mol. The highest BCUT2D eigenvalue weighted by molar-refractivity contribution is 9.11. The van der Waals surface area contributed by atoms with Gasteiger partial charge in [0.25, 0.3) is 0 Å². The van der Waals surface area contributed by atoms with Gasteiger partial charge in [0.2, 0.25) is 0 Å². The van der Waals surface area contributed by atoms with E-state index < -0.39 is 0 Å². The summed E-state index contributed by atoms with van der Waals surface area (Å²) in [6, 6.07) is 10.9. The average Bonchev–Trinajstić information content (AvgIpc) is 2.95. The van der Waals surface area contributed by atoms with Gasteiger partial charge >= 0.3 is 0 Å². The molecule has 4 heteroatoms. The Morgan fingerprint density at radius 1 is 1.05 bits per heavy atom. The van der Waals surface area contributed by atoms with Crippen LogP contribution >= 0.6 is 31.9 Å². The fraction of sp³-hybridized carbons (Fsp3) is 0.412. The first kappa shape index (κ1) is 15.3. The van der Waals surface area contributed by atoms with E-state index >= 15 is 0 Å². The van der Waals surface area contributed by atoms with Crippen LogP contribution in [0.15, 0.2) is 43.7 Å². The molecule has 3 rings (SSSR count). The number of halogens is 2. The molecule has 0 unspecified atom stereocenters. The molecule has 1 aliphatic rings. The molecule has 0 radical (unpaired) electrons. The van der Waals surface area contributed by atoms with E-state index in [0.29, 0.717) is 6.04 Å². The Balaban J connectivity index is 1.65. The average molecular weight is 413 g/mol. The third-order valence-corrected chi connectivity index (χ3v) is 5.18. The van der Waals surface area contributed by atoms with Crippen molar-refractivity contribution in [3.05, 3.63) is 45.0 Å². The second-order valence-electron chi connectivity index (χ2n) is 5.61. The third-order valence-electron chi connectivity index (χ3n) is 4.03. The summed E-state index contributed by atoms with van der Waals surface area (Å²) >= 11 is 7.06. The molecule has 1 fully saturated rings. The molecule has 0 aliphatic heterocycles. The highest BCUT2D eigenvalue weighted by Gasteiger charge is 2.14. The Bertz CT molecular complexity index is 603. The molecular weight excluding hydrogens is 394 g/mol. The summed E-state index contributed by atoms with van der Waals surface area (Å²) in [4.78, 5) is 0. The topological polar surface area (TPSA) is 25.2 Å². The van der Waals surface area contributed by atoms with Gasteiger partial charge in [0.15, 0.2) is 0 Å². The Labute approximate surface area is 142 Å². The molecule has 112 valence electrons. The van der Waals surface area contributed by atoms with Gasteiger partial charge in [-0.05, 0) is 59.1 Å². The zero-order valence-corrected chi connectivity index (χ0v) is 15.0. The largest absolute Gasteiger partial charge is 0.460 e. The van der Waals surface area contributed by atoms with Crippen LogP contribution in [0.4, 0.5) is 0 Å². The second-order valence-corrected chi connectivity index (χ2v) is 7.38. The molecule has 21 heavy (non-hydrogen) atoms. The molecule has 2 aromatic rings. The minimum Gasteiger partial charge on any atom is -0.460 e. The summed E-state index contributed by atoms with van der Waals surface area (Å²) in [5.74, 6) is 1.92. The smallest absolute Gasteiger partial charge is 0.135 e. The lowest BCUT2D eigenvalue weighted by Crippen LogP contribution is -2.30. The highest BCUT2D eigenvalue weighted by Crippen LogP contribution is 2.32. The first-order valence-electron chi connectivity index (χ1n) is 7.50. The van der Waals surface area contributed by atoms with Crippen LogP contribution in [0, 0.1) is 0 Å². The van der Waals surface area contributed by atoms with Crippen LogP contribution < -0.4 is 5.32 Å². The van der Waals surface area contributed by atoms with Gasteiger partial charge in [-0.1, -0.05) is 35.2 Å². The van der Waals surface area contributed by atoms with E-state index in [1.165, 1.54) is 32.1 Å². The maximum atomic E-state index is 5.97. The van der Waals surface area contributed by atoms with Gasteiger partial charge < -0.3 is 9.73 Å². The van der Waals surface area contributed by atoms with Crippen LogP contribution in [0.5, 0.6) is 0 Å². The second kappa shape index (κ2) is 7.12. The van der Waals surface area contributed by atoms with E-state index in [0.717, 1.165) is 32.6 Å². The lowest BCUT2D eigenvalue weighted by Gasteiger charge is -2.22. The van der Waals surface area contributed by atoms with Crippen LogP contribution in [0.1, 0.15) is 37.9 Å². The number of furan rings is 1. The fourth-order valence-electron chi connectivity index (χ4n) is 2.86. The van der Waals surface area contributed by atoms with E-state index in [1.807, 2.05) is 18.2 Å². The fourth-order valence-corrected chi connectivity index (χ4v) is 4.10. The molecule has 0 atom stereocenters. The molecule has 2 nitrogen and oxygen atoms in total. The Morgan fingerprint density at radius 3 is 2.62 bits per heavy atom. The van der Waals surface area contributed by atoms with Gasteiger partial charge in [-0.15, -0.1) is 0 Å². The van der Waals surface area contributed by atoms with E-state index in [-0.39, 0.29) is 0 Å². The zero-order valence-electron chi connectivity index (χ0n) is 11.9. The van der Waals surface area contributed by atoms with Gasteiger partial charge in [0.05, 0.1) is 6.54 Å². The summed E-state index contributed by atoms with van der Waals surface area (Å²) in [7, 11) is 0. The van der Waals surface area contributed by atoms with E-state index in [1.54, 1.807) is 0 Å². The summed E-state index contributed by atoms with van der Waals surface area (Å²) in [5.41, 5.74) is 1.09. The number of hydrogen-bond donors (Lipinski definition) is 1. The molecule has 1 N–H and O–H groups in total. The van der Waals surface area contributed by atoms with E-state index in [9.17, 15) is 0 Å². The molecule has 1 aromatic carbocycles. The van der Waals surface area contributed by atoms with Gasteiger partial charge in [-0.25, -0.2) is 0 Å². The van der Waals surface area contributed by atoms with Gasteiger partial charge in [-0.3, -0.25) is 0 Å². The summed E-state index contributed by atoms with van der Waals surface area (Å²) in [6.07, 6.45) is 6.69. The monoisotopic (exact) mass is 411 g/mol. The Kier molecular flexibility index (Phi) is 5.19. The van der Waals surface area contributed by atoms with Crippen LogP contribution in [0.25, 0.3) is 11.3 Å². The molecule has 0 amide bonds. The lowest BCUT2D eigenvalue weighted by atomic mass is 9.95. The standard InChI is InChI=1S/C17H19Br2NO/c18-12-6-8-15(16(19)10-12)17-9-7-14(21-17)11-20-13-4-2-1-3-5-13/h6-10,13,20H,1-5,11H2. The maximum absolute atomic E-state index is 5.97. The number of benzene rings is 1. The van der Waals surface area contributed by atoms with Crippen molar-refractivity contribution in [2.24, 2.45) is 0 Å². The van der Waals surface area contributed by atoms with Crippen molar-refractivity contribution in [3.8, 4) is 11.3 Å². The normalized spacial score (nSPS) is 16.3. The lowest BCUT2D eigenvalue weighted by molar-refractivity contribution is 0.358. The first-order valence-corrected chi connectivity index (χ1v) is 9.08. The minimum atomic E-state index is 0.659. The maximum Gasteiger partial charge on any atom is 0.135 e. The third kappa shape index (κ3) is 3.99. The molecule has 1 saturated carbocycles. The first-order chi connectivity index (χ1) is 10.2. The molecule has 0 bridgehead atoms. The number of nitrogens with one attached hydrogen (secondary N) is 1. The van der Waals surface area contributed by atoms with Crippen molar-refractivity contribution in [1.82, 2.24) is 5.32 Å². The SMILES string of the molecule is Brc1ccc(-c2ccc(CNC3CCCCC3)o2)c(Br)c1. The van der Waals surface area contributed by atoms with Gasteiger partial charge in [0.1, 0.15) is 11.5 Å². The van der Waals surface area contributed by atoms with Crippen molar-refractivity contribution in [3.63, 3.8) is 0 Å². The predicted octanol–water partition coefficient (Wildman–Crippen LogP) is 5.89. The van der Waals surface area contributed by atoms with Crippen molar-refractivity contribution in [2.75, 3.05) is 0 Å². The summed E-state index contributed by atoms with van der Waals surface area (Å²) in [5, 5.41) is 3.61. The number of rotatable bonds is 4. The minimum absolute atomic E-state index is 0.659. The van der Waals surface area contributed by atoms with E-state index in [2.05, 4.69) is 49.3 Å². The van der Waals surface area contributed by atoms with Crippen molar-refractivity contribution in [2.45, 2.75) is 44.7 Å². The highest BCUT2D eigenvalue weighted by atomic mass is 79.9. The van der Waals surface area contributed by atoms with Gasteiger partial charge in [-0.2, -0.15) is 0 Å². The number of hydrogen-bond acceptors (Lipinski definition) is 2.